The average molecular weight is 266 g/mol. The highest BCUT2D eigenvalue weighted by Gasteiger charge is 2.34. The van der Waals surface area contributed by atoms with Crippen LogP contribution in [0, 0.1) is 0 Å². The zero-order valence-electron chi connectivity index (χ0n) is 9.25. The second-order valence-corrected chi connectivity index (χ2v) is 4.91. The van der Waals surface area contributed by atoms with Crippen LogP contribution < -0.4 is 5.32 Å². The van der Waals surface area contributed by atoms with Gasteiger partial charge in [-0.1, -0.05) is 0 Å². The van der Waals surface area contributed by atoms with Crippen molar-refractivity contribution in [3.8, 4) is 0 Å². The molecule has 0 aromatic carbocycles. The Morgan fingerprint density at radius 3 is 2.76 bits per heavy atom. The molecule has 1 aliphatic carbocycles. The standard InChI is InChI=1S/C10H13F3N2OS/c1-16-7-3-2-6(4-7)14-9-15-8(5-17-9)10(11,12)13/h5-7H,2-4H2,1H3,(H,14,15). The van der Waals surface area contributed by atoms with Crippen LogP contribution in [0.2, 0.25) is 0 Å². The highest BCUT2D eigenvalue weighted by atomic mass is 32.1. The first-order chi connectivity index (χ1) is 7.99. The Morgan fingerprint density at radius 2 is 2.24 bits per heavy atom. The molecule has 2 rings (SSSR count). The minimum absolute atomic E-state index is 0.159. The van der Waals surface area contributed by atoms with Crippen LogP contribution in [0.4, 0.5) is 18.3 Å². The normalized spacial score (nSPS) is 25.2. The molecule has 3 nitrogen and oxygen atoms in total. The summed E-state index contributed by atoms with van der Waals surface area (Å²) in [6.07, 6.45) is -1.50. The molecule has 1 saturated carbocycles. The maximum absolute atomic E-state index is 12.3. The van der Waals surface area contributed by atoms with Crippen molar-refractivity contribution in [1.82, 2.24) is 4.98 Å². The second-order valence-electron chi connectivity index (χ2n) is 4.05. The summed E-state index contributed by atoms with van der Waals surface area (Å²) in [4.78, 5) is 3.54. The number of rotatable bonds is 3. The van der Waals surface area contributed by atoms with Crippen LogP contribution in [0.25, 0.3) is 0 Å². The fourth-order valence-electron chi connectivity index (χ4n) is 1.93. The Morgan fingerprint density at radius 1 is 1.47 bits per heavy atom. The molecule has 1 aromatic heterocycles. The molecule has 0 spiro atoms. The van der Waals surface area contributed by atoms with Gasteiger partial charge in [-0.25, -0.2) is 4.98 Å². The molecule has 1 aliphatic rings. The van der Waals surface area contributed by atoms with E-state index in [1.807, 2.05) is 0 Å². The van der Waals surface area contributed by atoms with Crippen LogP contribution in [0.3, 0.4) is 0 Å². The van der Waals surface area contributed by atoms with E-state index in [2.05, 4.69) is 10.3 Å². The van der Waals surface area contributed by atoms with E-state index >= 15 is 0 Å². The number of anilines is 1. The van der Waals surface area contributed by atoms with Crippen molar-refractivity contribution >= 4 is 16.5 Å². The van der Waals surface area contributed by atoms with E-state index in [-0.39, 0.29) is 12.1 Å². The predicted molar refractivity (Wildman–Crippen MR) is 59.2 cm³/mol. The monoisotopic (exact) mass is 266 g/mol. The summed E-state index contributed by atoms with van der Waals surface area (Å²) in [5.74, 6) is 0. The highest BCUT2D eigenvalue weighted by Crippen LogP contribution is 2.33. The van der Waals surface area contributed by atoms with E-state index in [0.29, 0.717) is 5.13 Å². The lowest BCUT2D eigenvalue weighted by Crippen LogP contribution is -2.17. The topological polar surface area (TPSA) is 34.1 Å². The molecule has 2 unspecified atom stereocenters. The predicted octanol–water partition coefficient (Wildman–Crippen LogP) is 3.14. The van der Waals surface area contributed by atoms with E-state index in [0.717, 1.165) is 36.0 Å². The molecule has 7 heteroatoms. The number of methoxy groups -OCH3 is 1. The first-order valence-corrected chi connectivity index (χ1v) is 6.19. The number of hydrogen-bond acceptors (Lipinski definition) is 4. The van der Waals surface area contributed by atoms with Gasteiger partial charge in [0.25, 0.3) is 0 Å². The van der Waals surface area contributed by atoms with E-state index in [1.165, 1.54) is 0 Å². The largest absolute Gasteiger partial charge is 0.434 e. The molecular formula is C10H13F3N2OS. The van der Waals surface area contributed by atoms with Crippen LogP contribution in [-0.4, -0.2) is 24.2 Å². The first kappa shape index (κ1) is 12.6. The third-order valence-corrected chi connectivity index (χ3v) is 3.61. The van der Waals surface area contributed by atoms with Gasteiger partial charge in [0.15, 0.2) is 10.8 Å². The van der Waals surface area contributed by atoms with Crippen LogP contribution in [-0.2, 0) is 10.9 Å². The second kappa shape index (κ2) is 4.81. The van der Waals surface area contributed by atoms with E-state index in [9.17, 15) is 13.2 Å². The SMILES string of the molecule is COC1CCC(Nc2nc(C(F)(F)F)cs2)C1. The molecule has 1 N–H and O–H groups in total. The van der Waals surface area contributed by atoms with Gasteiger partial charge in [-0.2, -0.15) is 13.2 Å². The van der Waals surface area contributed by atoms with Crippen molar-refractivity contribution in [2.75, 3.05) is 12.4 Å². The number of thiazole rings is 1. The maximum atomic E-state index is 12.3. The Labute approximate surface area is 101 Å². The van der Waals surface area contributed by atoms with Gasteiger partial charge in [0.1, 0.15) is 0 Å². The summed E-state index contributed by atoms with van der Waals surface area (Å²) >= 11 is 0.989. The number of nitrogens with zero attached hydrogens (tertiary/aromatic N) is 1. The number of nitrogens with one attached hydrogen (secondary N) is 1. The molecule has 0 amide bonds. The van der Waals surface area contributed by atoms with Crippen molar-refractivity contribution in [3.05, 3.63) is 11.1 Å². The lowest BCUT2D eigenvalue weighted by atomic mass is 10.2. The Hall–Kier alpha value is -0.820. The first-order valence-electron chi connectivity index (χ1n) is 5.31. The number of alkyl halides is 3. The molecule has 1 fully saturated rings. The summed E-state index contributed by atoms with van der Waals surface area (Å²) in [5.41, 5.74) is -0.828. The molecular weight excluding hydrogens is 253 g/mol. The number of aromatic nitrogens is 1. The smallest absolute Gasteiger partial charge is 0.381 e. The molecule has 17 heavy (non-hydrogen) atoms. The van der Waals surface area contributed by atoms with Crippen molar-refractivity contribution in [1.29, 1.82) is 0 Å². The summed E-state index contributed by atoms with van der Waals surface area (Å²) in [7, 11) is 1.65. The third-order valence-electron chi connectivity index (χ3n) is 2.84. The van der Waals surface area contributed by atoms with Gasteiger partial charge in [-0.3, -0.25) is 0 Å². The van der Waals surface area contributed by atoms with Crippen molar-refractivity contribution in [2.45, 2.75) is 37.6 Å². The molecule has 1 heterocycles. The Balaban J connectivity index is 1.94. The van der Waals surface area contributed by atoms with Crippen LogP contribution in [0.1, 0.15) is 25.0 Å². The minimum atomic E-state index is -4.36. The van der Waals surface area contributed by atoms with E-state index in [4.69, 9.17) is 4.74 Å². The van der Waals surface area contributed by atoms with Gasteiger partial charge >= 0.3 is 6.18 Å². The molecule has 0 saturated heterocycles. The zero-order valence-corrected chi connectivity index (χ0v) is 10.1. The van der Waals surface area contributed by atoms with Gasteiger partial charge in [0.05, 0.1) is 6.10 Å². The van der Waals surface area contributed by atoms with Crippen LogP contribution in [0.15, 0.2) is 5.38 Å². The molecule has 0 radical (unpaired) electrons. The lowest BCUT2D eigenvalue weighted by Gasteiger charge is -2.11. The zero-order chi connectivity index (χ0) is 12.5. The fourth-order valence-corrected chi connectivity index (χ4v) is 2.73. The van der Waals surface area contributed by atoms with Gasteiger partial charge < -0.3 is 10.1 Å². The Kier molecular flexibility index (Phi) is 3.58. The third kappa shape index (κ3) is 3.10. The highest BCUT2D eigenvalue weighted by molar-refractivity contribution is 7.13. The molecule has 1 aromatic rings. The fraction of sp³-hybridized carbons (Fsp3) is 0.700. The number of ether oxygens (including phenoxy) is 1. The number of hydrogen-bond donors (Lipinski definition) is 1. The lowest BCUT2D eigenvalue weighted by molar-refractivity contribution is -0.140. The van der Waals surface area contributed by atoms with Crippen molar-refractivity contribution in [3.63, 3.8) is 0 Å². The van der Waals surface area contributed by atoms with Crippen LogP contribution in [0.5, 0.6) is 0 Å². The minimum Gasteiger partial charge on any atom is -0.381 e. The maximum Gasteiger partial charge on any atom is 0.434 e. The summed E-state index contributed by atoms with van der Waals surface area (Å²) in [6.45, 7) is 0. The van der Waals surface area contributed by atoms with Crippen molar-refractivity contribution in [2.24, 2.45) is 0 Å². The van der Waals surface area contributed by atoms with Gasteiger partial charge in [0.2, 0.25) is 0 Å². The van der Waals surface area contributed by atoms with Gasteiger partial charge in [-0.15, -0.1) is 11.3 Å². The van der Waals surface area contributed by atoms with Gasteiger partial charge in [0, 0.05) is 18.5 Å². The molecule has 2 atom stereocenters. The summed E-state index contributed by atoms with van der Waals surface area (Å²) in [6, 6.07) is 0.159. The van der Waals surface area contributed by atoms with Crippen LogP contribution >= 0.6 is 11.3 Å². The summed E-state index contributed by atoms with van der Waals surface area (Å²) in [5, 5.41) is 4.39. The summed E-state index contributed by atoms with van der Waals surface area (Å²) < 4.78 is 42.2. The van der Waals surface area contributed by atoms with E-state index < -0.39 is 11.9 Å². The molecule has 0 bridgehead atoms. The number of halogens is 3. The average Bonchev–Trinajstić information content (AvgIpc) is 2.86. The Bertz CT molecular complexity index is 380. The quantitative estimate of drug-likeness (QED) is 0.912. The molecule has 0 aliphatic heterocycles. The van der Waals surface area contributed by atoms with Crippen molar-refractivity contribution < 1.29 is 17.9 Å². The van der Waals surface area contributed by atoms with E-state index in [1.54, 1.807) is 7.11 Å². The molecule has 96 valence electrons. The van der Waals surface area contributed by atoms with Gasteiger partial charge in [-0.05, 0) is 19.3 Å².